The van der Waals surface area contributed by atoms with Crippen LogP contribution in [0, 0.1) is 19.7 Å². The SMILES string of the molecule is Cc1cc(S(=O)(=O)Nc2c(C)cccc2F)sc1CN. The number of para-hydroxylation sites is 1. The number of benzene rings is 1. The summed E-state index contributed by atoms with van der Waals surface area (Å²) < 4.78 is 40.7. The maximum absolute atomic E-state index is 13.7. The maximum atomic E-state index is 13.7. The van der Waals surface area contributed by atoms with E-state index in [0.29, 0.717) is 5.56 Å². The van der Waals surface area contributed by atoms with Crippen LogP contribution in [-0.4, -0.2) is 8.42 Å². The highest BCUT2D eigenvalue weighted by molar-refractivity contribution is 7.94. The van der Waals surface area contributed by atoms with E-state index >= 15 is 0 Å². The van der Waals surface area contributed by atoms with E-state index in [2.05, 4.69) is 4.72 Å². The molecule has 108 valence electrons. The number of rotatable bonds is 4. The molecule has 2 rings (SSSR count). The molecule has 0 unspecified atom stereocenters. The molecule has 0 radical (unpaired) electrons. The van der Waals surface area contributed by atoms with Crippen molar-refractivity contribution < 1.29 is 12.8 Å². The van der Waals surface area contributed by atoms with Gasteiger partial charge in [-0.25, -0.2) is 12.8 Å². The Hall–Kier alpha value is -1.44. The first-order chi connectivity index (χ1) is 9.35. The summed E-state index contributed by atoms with van der Waals surface area (Å²) in [5, 5.41) is 0. The standard InChI is InChI=1S/C13H15FN2O2S2/c1-8-4-3-5-10(14)13(8)16-20(17,18)12-6-9(2)11(7-15)19-12/h3-6,16H,7,15H2,1-2H3. The molecule has 0 saturated heterocycles. The molecule has 0 spiro atoms. The third-order valence-electron chi connectivity index (χ3n) is 2.91. The fourth-order valence-electron chi connectivity index (χ4n) is 1.77. The Morgan fingerprint density at radius 2 is 2.00 bits per heavy atom. The second-order valence-corrected chi connectivity index (χ2v) is 7.46. The van der Waals surface area contributed by atoms with Crippen LogP contribution in [-0.2, 0) is 16.6 Å². The van der Waals surface area contributed by atoms with Crippen LogP contribution in [0.5, 0.6) is 0 Å². The molecule has 0 aliphatic heterocycles. The van der Waals surface area contributed by atoms with E-state index in [9.17, 15) is 12.8 Å². The first-order valence-electron chi connectivity index (χ1n) is 5.92. The highest BCUT2D eigenvalue weighted by Gasteiger charge is 2.21. The van der Waals surface area contributed by atoms with Gasteiger partial charge in [0.05, 0.1) is 5.69 Å². The lowest BCUT2D eigenvalue weighted by molar-refractivity contribution is 0.600. The highest BCUT2D eigenvalue weighted by Crippen LogP contribution is 2.29. The summed E-state index contributed by atoms with van der Waals surface area (Å²) in [5.74, 6) is -0.596. The lowest BCUT2D eigenvalue weighted by Crippen LogP contribution is -2.13. The summed E-state index contributed by atoms with van der Waals surface area (Å²) in [5.41, 5.74) is 6.87. The summed E-state index contributed by atoms with van der Waals surface area (Å²) in [6.45, 7) is 3.72. The number of aryl methyl sites for hydroxylation is 2. The Morgan fingerprint density at radius 1 is 1.30 bits per heavy atom. The average Bonchev–Trinajstić information content (AvgIpc) is 2.76. The molecule has 7 heteroatoms. The molecular formula is C13H15FN2O2S2. The van der Waals surface area contributed by atoms with E-state index < -0.39 is 15.8 Å². The van der Waals surface area contributed by atoms with E-state index in [0.717, 1.165) is 21.8 Å². The third kappa shape index (κ3) is 2.84. The van der Waals surface area contributed by atoms with Crippen molar-refractivity contribution in [1.29, 1.82) is 0 Å². The molecule has 20 heavy (non-hydrogen) atoms. The molecule has 2 aromatic rings. The van der Waals surface area contributed by atoms with Crippen molar-refractivity contribution in [2.45, 2.75) is 24.6 Å². The maximum Gasteiger partial charge on any atom is 0.271 e. The molecular weight excluding hydrogens is 299 g/mol. The van der Waals surface area contributed by atoms with Gasteiger partial charge in [-0.05, 0) is 37.1 Å². The van der Waals surface area contributed by atoms with Crippen LogP contribution in [0.4, 0.5) is 10.1 Å². The van der Waals surface area contributed by atoms with E-state index in [4.69, 9.17) is 5.73 Å². The number of hydrogen-bond acceptors (Lipinski definition) is 4. The second kappa shape index (κ2) is 5.51. The van der Waals surface area contributed by atoms with Gasteiger partial charge in [-0.2, -0.15) is 0 Å². The fourth-order valence-corrected chi connectivity index (χ4v) is 4.38. The number of anilines is 1. The number of hydrogen-bond donors (Lipinski definition) is 2. The van der Waals surface area contributed by atoms with Gasteiger partial charge in [0.25, 0.3) is 10.0 Å². The van der Waals surface area contributed by atoms with Crippen molar-refractivity contribution >= 4 is 27.0 Å². The van der Waals surface area contributed by atoms with Crippen LogP contribution < -0.4 is 10.5 Å². The molecule has 0 fully saturated rings. The molecule has 1 aromatic carbocycles. The summed E-state index contributed by atoms with van der Waals surface area (Å²) in [7, 11) is -3.80. The quantitative estimate of drug-likeness (QED) is 0.911. The van der Waals surface area contributed by atoms with Crippen LogP contribution >= 0.6 is 11.3 Å². The van der Waals surface area contributed by atoms with Crippen LogP contribution in [0.3, 0.4) is 0 Å². The fraction of sp³-hybridized carbons (Fsp3) is 0.231. The molecule has 1 heterocycles. The Bertz CT molecular complexity index is 719. The third-order valence-corrected chi connectivity index (χ3v) is 5.99. The Balaban J connectivity index is 2.41. The first-order valence-corrected chi connectivity index (χ1v) is 8.22. The second-order valence-electron chi connectivity index (χ2n) is 4.41. The van der Waals surface area contributed by atoms with Gasteiger partial charge in [0.15, 0.2) is 0 Å². The lowest BCUT2D eigenvalue weighted by atomic mass is 10.2. The molecule has 0 amide bonds. The lowest BCUT2D eigenvalue weighted by Gasteiger charge is -2.09. The van der Waals surface area contributed by atoms with Gasteiger partial charge in [-0.15, -0.1) is 11.3 Å². The largest absolute Gasteiger partial charge is 0.326 e. The number of sulfonamides is 1. The van der Waals surface area contributed by atoms with Crippen LogP contribution in [0.15, 0.2) is 28.5 Å². The minimum absolute atomic E-state index is 0.0205. The molecule has 4 nitrogen and oxygen atoms in total. The van der Waals surface area contributed by atoms with E-state index in [1.165, 1.54) is 12.1 Å². The summed E-state index contributed by atoms with van der Waals surface area (Å²) >= 11 is 1.10. The molecule has 1 aromatic heterocycles. The Morgan fingerprint density at radius 3 is 2.55 bits per heavy atom. The van der Waals surface area contributed by atoms with Crippen molar-refractivity contribution in [3.05, 3.63) is 46.1 Å². The van der Waals surface area contributed by atoms with Gasteiger partial charge in [-0.1, -0.05) is 12.1 Å². The van der Waals surface area contributed by atoms with Gasteiger partial charge in [0.2, 0.25) is 0 Å². The minimum Gasteiger partial charge on any atom is -0.326 e. The molecule has 0 aliphatic carbocycles. The molecule has 0 atom stereocenters. The highest BCUT2D eigenvalue weighted by atomic mass is 32.2. The zero-order valence-corrected chi connectivity index (χ0v) is 12.7. The van der Waals surface area contributed by atoms with E-state index in [1.54, 1.807) is 26.0 Å². The van der Waals surface area contributed by atoms with Crippen molar-refractivity contribution in [2.75, 3.05) is 4.72 Å². The molecule has 0 saturated carbocycles. The smallest absolute Gasteiger partial charge is 0.271 e. The van der Waals surface area contributed by atoms with Crippen molar-refractivity contribution in [2.24, 2.45) is 5.73 Å². The first kappa shape index (κ1) is 15.0. The Labute approximate surface area is 121 Å². The van der Waals surface area contributed by atoms with Crippen LogP contribution in [0.2, 0.25) is 0 Å². The topological polar surface area (TPSA) is 72.2 Å². The minimum atomic E-state index is -3.80. The van der Waals surface area contributed by atoms with Gasteiger partial charge < -0.3 is 5.73 Å². The zero-order valence-electron chi connectivity index (χ0n) is 11.1. The van der Waals surface area contributed by atoms with Gasteiger partial charge in [-0.3, -0.25) is 4.72 Å². The predicted octanol–water partition coefficient (Wildman–Crippen LogP) is 2.76. The number of thiophene rings is 1. The van der Waals surface area contributed by atoms with E-state index in [1.807, 2.05) is 0 Å². The molecule has 3 N–H and O–H groups in total. The normalized spacial score (nSPS) is 11.6. The number of nitrogens with one attached hydrogen (secondary N) is 1. The molecule has 0 aliphatic rings. The van der Waals surface area contributed by atoms with Crippen molar-refractivity contribution in [1.82, 2.24) is 0 Å². The van der Waals surface area contributed by atoms with Crippen molar-refractivity contribution in [3.63, 3.8) is 0 Å². The van der Waals surface area contributed by atoms with Gasteiger partial charge in [0, 0.05) is 11.4 Å². The Kier molecular flexibility index (Phi) is 4.12. The summed E-state index contributed by atoms with van der Waals surface area (Å²) in [6.07, 6.45) is 0. The zero-order chi connectivity index (χ0) is 14.9. The van der Waals surface area contributed by atoms with Gasteiger partial charge >= 0.3 is 0 Å². The summed E-state index contributed by atoms with van der Waals surface area (Å²) in [4.78, 5) is 0.802. The number of nitrogens with two attached hydrogens (primary N) is 1. The average molecular weight is 314 g/mol. The molecule has 0 bridgehead atoms. The predicted molar refractivity (Wildman–Crippen MR) is 78.9 cm³/mol. The van der Waals surface area contributed by atoms with E-state index in [-0.39, 0.29) is 16.4 Å². The van der Waals surface area contributed by atoms with Crippen LogP contribution in [0.1, 0.15) is 16.0 Å². The van der Waals surface area contributed by atoms with Gasteiger partial charge in [0.1, 0.15) is 10.0 Å². The number of halogens is 1. The van der Waals surface area contributed by atoms with Crippen LogP contribution in [0.25, 0.3) is 0 Å². The monoisotopic (exact) mass is 314 g/mol. The van der Waals surface area contributed by atoms with Crippen molar-refractivity contribution in [3.8, 4) is 0 Å². The summed E-state index contributed by atoms with van der Waals surface area (Å²) in [6, 6.07) is 5.94.